The predicted molar refractivity (Wildman–Crippen MR) is 128 cm³/mol. The molecule has 1 fully saturated rings. The fraction of sp³-hybridized carbons (Fsp3) is 0.667. The minimum absolute atomic E-state index is 0. The number of unbranched alkanes of at least 4 members (excludes halogenated alkanes) is 1. The minimum Gasteiger partial charge on any atom is -0.357 e. The molecule has 28 heavy (non-hydrogen) atoms. The molecule has 0 aliphatic heterocycles. The van der Waals surface area contributed by atoms with Crippen LogP contribution in [0.5, 0.6) is 0 Å². The van der Waals surface area contributed by atoms with Crippen molar-refractivity contribution in [3.8, 4) is 0 Å². The quantitative estimate of drug-likeness (QED) is 0.210. The molecule has 7 heteroatoms. The molecule has 1 aromatic rings. The lowest BCUT2D eigenvalue weighted by Crippen LogP contribution is -2.38. The second kappa shape index (κ2) is 13.4. The first-order valence-electron chi connectivity index (χ1n) is 10.3. The van der Waals surface area contributed by atoms with Gasteiger partial charge in [-0.05, 0) is 43.4 Å². The van der Waals surface area contributed by atoms with Crippen molar-refractivity contribution in [1.82, 2.24) is 10.6 Å². The summed E-state index contributed by atoms with van der Waals surface area (Å²) >= 11 is 0. The van der Waals surface area contributed by atoms with Crippen LogP contribution in [0, 0.1) is 5.92 Å². The monoisotopic (exact) mass is 521 g/mol. The first kappa shape index (κ1) is 25.2. The van der Waals surface area contributed by atoms with Crippen LogP contribution in [0.2, 0.25) is 0 Å². The van der Waals surface area contributed by atoms with Gasteiger partial charge in [0, 0.05) is 25.9 Å². The second-order valence-corrected chi connectivity index (χ2v) is 9.52. The summed E-state index contributed by atoms with van der Waals surface area (Å²) in [4.78, 5) is 5.04. The van der Waals surface area contributed by atoms with Gasteiger partial charge < -0.3 is 10.6 Å². The average Bonchev–Trinajstić information content (AvgIpc) is 3.14. The Balaban J connectivity index is 0.00000392. The van der Waals surface area contributed by atoms with E-state index in [9.17, 15) is 8.42 Å². The molecule has 1 saturated carbocycles. The van der Waals surface area contributed by atoms with Crippen LogP contribution in [0.1, 0.15) is 57.4 Å². The maximum absolute atomic E-state index is 11.5. The topological polar surface area (TPSA) is 70.6 Å². The number of halogens is 1. The van der Waals surface area contributed by atoms with Gasteiger partial charge in [-0.25, -0.2) is 8.42 Å². The Labute approximate surface area is 188 Å². The van der Waals surface area contributed by atoms with Gasteiger partial charge >= 0.3 is 0 Å². The molecule has 0 radical (unpaired) electrons. The van der Waals surface area contributed by atoms with Gasteiger partial charge in [0.05, 0.1) is 4.90 Å². The Morgan fingerprint density at radius 2 is 1.79 bits per heavy atom. The van der Waals surface area contributed by atoms with Gasteiger partial charge in [-0.1, -0.05) is 50.7 Å². The molecule has 160 valence electrons. The molecule has 1 aliphatic rings. The zero-order valence-corrected chi connectivity index (χ0v) is 20.4. The molecule has 1 aliphatic carbocycles. The Morgan fingerprint density at radius 3 is 2.39 bits per heavy atom. The number of guanidine groups is 1. The smallest absolute Gasteiger partial charge is 0.191 e. The Morgan fingerprint density at radius 1 is 1.11 bits per heavy atom. The van der Waals surface area contributed by atoms with Gasteiger partial charge in [0.25, 0.3) is 0 Å². The zero-order valence-electron chi connectivity index (χ0n) is 17.2. The lowest BCUT2D eigenvalue weighted by molar-refractivity contribution is 0.475. The van der Waals surface area contributed by atoms with Crippen molar-refractivity contribution in [1.29, 1.82) is 0 Å². The molecule has 2 rings (SSSR count). The van der Waals surface area contributed by atoms with Gasteiger partial charge in [-0.3, -0.25) is 4.99 Å². The highest BCUT2D eigenvalue weighted by molar-refractivity contribution is 14.0. The molecule has 0 spiro atoms. The highest BCUT2D eigenvalue weighted by Gasteiger charge is 2.13. The summed E-state index contributed by atoms with van der Waals surface area (Å²) in [5, 5.41) is 6.66. The van der Waals surface area contributed by atoms with E-state index in [-0.39, 0.29) is 24.0 Å². The van der Waals surface area contributed by atoms with Crippen LogP contribution < -0.4 is 10.6 Å². The summed E-state index contributed by atoms with van der Waals surface area (Å²) in [5.74, 6) is 1.83. The lowest BCUT2D eigenvalue weighted by Gasteiger charge is -2.12. The molecule has 0 atom stereocenters. The summed E-state index contributed by atoms with van der Waals surface area (Å²) in [7, 11) is -3.13. The van der Waals surface area contributed by atoms with Gasteiger partial charge in [0.1, 0.15) is 0 Å². The lowest BCUT2D eigenvalue weighted by atomic mass is 10.0. The number of aliphatic imine (C=N–C) groups is 1. The van der Waals surface area contributed by atoms with Crippen molar-refractivity contribution in [2.45, 2.75) is 63.2 Å². The average molecular weight is 522 g/mol. The Kier molecular flexibility index (Phi) is 12.1. The van der Waals surface area contributed by atoms with E-state index in [0.717, 1.165) is 49.9 Å². The molecule has 0 saturated heterocycles. The fourth-order valence-electron chi connectivity index (χ4n) is 3.61. The molecule has 1 aromatic carbocycles. The van der Waals surface area contributed by atoms with Crippen LogP contribution in [-0.4, -0.2) is 40.3 Å². The van der Waals surface area contributed by atoms with Crippen molar-refractivity contribution in [2.75, 3.05) is 25.9 Å². The van der Waals surface area contributed by atoms with Crippen LogP contribution in [-0.2, 0) is 16.3 Å². The van der Waals surface area contributed by atoms with Crippen LogP contribution in [0.25, 0.3) is 0 Å². The molecular weight excluding hydrogens is 485 g/mol. The summed E-state index contributed by atoms with van der Waals surface area (Å²) in [5.41, 5.74) is 1.11. The second-order valence-electron chi connectivity index (χ2n) is 7.50. The van der Waals surface area contributed by atoms with Gasteiger partial charge in [0.15, 0.2) is 15.8 Å². The largest absolute Gasteiger partial charge is 0.357 e. The van der Waals surface area contributed by atoms with Crippen LogP contribution >= 0.6 is 24.0 Å². The summed E-state index contributed by atoms with van der Waals surface area (Å²) < 4.78 is 23.0. The summed E-state index contributed by atoms with van der Waals surface area (Å²) in [6.07, 6.45) is 11.6. The van der Waals surface area contributed by atoms with Gasteiger partial charge in [-0.2, -0.15) is 0 Å². The maximum atomic E-state index is 11.5. The van der Waals surface area contributed by atoms with Crippen molar-refractivity contribution in [3.05, 3.63) is 29.8 Å². The summed E-state index contributed by atoms with van der Waals surface area (Å²) in [6.45, 7) is 4.55. The Hall–Kier alpha value is -0.830. The van der Waals surface area contributed by atoms with E-state index in [2.05, 4.69) is 22.5 Å². The molecular formula is C21H36IN3O2S. The number of sulfone groups is 1. The summed E-state index contributed by atoms with van der Waals surface area (Å²) in [6, 6.07) is 7.11. The SMILES string of the molecule is CCNC(=NCCCCC1CCCC1)NCCc1ccc(S(C)(=O)=O)cc1.I. The standard InChI is InChI=1S/C21H35N3O2S.HI/c1-3-22-21(23-16-7-6-10-18-8-4-5-9-18)24-17-15-19-11-13-20(14-12-19)27(2,25)26;/h11-14,18H,3-10,15-17H2,1-2H3,(H2,22,23,24);1H. The normalized spacial score (nSPS) is 15.3. The highest BCUT2D eigenvalue weighted by atomic mass is 127. The van der Waals surface area contributed by atoms with E-state index >= 15 is 0 Å². The zero-order chi connectivity index (χ0) is 19.5. The van der Waals surface area contributed by atoms with Gasteiger partial charge in [0.2, 0.25) is 0 Å². The molecule has 5 nitrogen and oxygen atoms in total. The Bertz CT molecular complexity index is 684. The number of nitrogens with one attached hydrogen (secondary N) is 2. The highest BCUT2D eigenvalue weighted by Crippen LogP contribution is 2.28. The van der Waals surface area contributed by atoms with Crippen molar-refractivity contribution in [3.63, 3.8) is 0 Å². The molecule has 0 aromatic heterocycles. The van der Waals surface area contributed by atoms with Gasteiger partial charge in [-0.15, -0.1) is 24.0 Å². The van der Waals surface area contributed by atoms with E-state index in [4.69, 9.17) is 0 Å². The molecule has 0 amide bonds. The number of hydrogen-bond donors (Lipinski definition) is 2. The van der Waals surface area contributed by atoms with E-state index in [1.54, 1.807) is 12.1 Å². The number of hydrogen-bond acceptors (Lipinski definition) is 3. The third-order valence-electron chi connectivity index (χ3n) is 5.17. The first-order chi connectivity index (χ1) is 13.0. The molecule has 0 bridgehead atoms. The van der Waals surface area contributed by atoms with E-state index < -0.39 is 9.84 Å². The van der Waals surface area contributed by atoms with E-state index in [1.807, 2.05) is 12.1 Å². The third kappa shape index (κ3) is 9.58. The number of nitrogens with zero attached hydrogens (tertiary/aromatic N) is 1. The van der Waals surface area contributed by atoms with E-state index in [1.165, 1.54) is 44.8 Å². The van der Waals surface area contributed by atoms with Crippen molar-refractivity contribution >= 4 is 39.8 Å². The van der Waals surface area contributed by atoms with Crippen LogP contribution in [0.15, 0.2) is 34.2 Å². The third-order valence-corrected chi connectivity index (χ3v) is 6.30. The number of rotatable bonds is 10. The molecule has 2 N–H and O–H groups in total. The van der Waals surface area contributed by atoms with Crippen LogP contribution in [0.3, 0.4) is 0 Å². The predicted octanol–water partition coefficient (Wildman–Crippen LogP) is 4.17. The van der Waals surface area contributed by atoms with Crippen LogP contribution in [0.4, 0.5) is 0 Å². The van der Waals surface area contributed by atoms with Crippen molar-refractivity contribution < 1.29 is 8.42 Å². The fourth-order valence-corrected chi connectivity index (χ4v) is 4.24. The number of benzene rings is 1. The first-order valence-corrected chi connectivity index (χ1v) is 12.2. The minimum atomic E-state index is -3.13. The van der Waals surface area contributed by atoms with Crippen molar-refractivity contribution in [2.24, 2.45) is 10.9 Å². The maximum Gasteiger partial charge on any atom is 0.191 e. The molecule has 0 unspecified atom stereocenters. The van der Waals surface area contributed by atoms with E-state index in [0.29, 0.717) is 4.90 Å². The molecule has 0 heterocycles.